The minimum atomic E-state index is -0.295. The lowest BCUT2D eigenvalue weighted by Crippen LogP contribution is -2.09. The Morgan fingerprint density at radius 1 is 1.19 bits per heavy atom. The van der Waals surface area contributed by atoms with Crippen molar-refractivity contribution in [3.05, 3.63) is 66.1 Å². The van der Waals surface area contributed by atoms with E-state index in [0.29, 0.717) is 22.9 Å². The van der Waals surface area contributed by atoms with E-state index in [4.69, 9.17) is 4.74 Å². The molecule has 2 aromatic heterocycles. The molecule has 0 radical (unpaired) electrons. The second-order valence-corrected chi connectivity index (χ2v) is 6.05. The van der Waals surface area contributed by atoms with Gasteiger partial charge in [0.05, 0.1) is 19.0 Å². The van der Waals surface area contributed by atoms with Gasteiger partial charge in [0.15, 0.2) is 11.5 Å². The van der Waals surface area contributed by atoms with Crippen LogP contribution in [-0.2, 0) is 4.79 Å². The van der Waals surface area contributed by atoms with Crippen molar-refractivity contribution in [2.45, 2.75) is 6.92 Å². The Balaban J connectivity index is 1.60. The van der Waals surface area contributed by atoms with Crippen molar-refractivity contribution in [2.24, 2.45) is 0 Å². The second kappa shape index (κ2) is 6.87. The standard InChI is InChI=1S/C20H17N5O2/c1-13-7-8-17(27-2)16(11-13)22-19(26)10-9-18-23-24-20-15-6-4-3-5-14(15)12-21-25(18)20/h3-12H,1-2H3,(H,22,26)/b10-9+. The molecule has 1 amide bonds. The van der Waals surface area contributed by atoms with Gasteiger partial charge in [0.25, 0.3) is 0 Å². The number of rotatable bonds is 4. The van der Waals surface area contributed by atoms with Crippen LogP contribution in [0.5, 0.6) is 5.75 Å². The molecule has 0 saturated heterocycles. The van der Waals surface area contributed by atoms with Crippen LogP contribution in [0.2, 0.25) is 0 Å². The number of carbonyl (C=O) groups is 1. The summed E-state index contributed by atoms with van der Waals surface area (Å²) in [6, 6.07) is 13.4. The van der Waals surface area contributed by atoms with Crippen molar-refractivity contribution in [2.75, 3.05) is 12.4 Å². The van der Waals surface area contributed by atoms with Gasteiger partial charge in [0, 0.05) is 16.8 Å². The summed E-state index contributed by atoms with van der Waals surface area (Å²) in [5, 5.41) is 17.4. The highest BCUT2D eigenvalue weighted by atomic mass is 16.5. The van der Waals surface area contributed by atoms with Gasteiger partial charge >= 0.3 is 0 Å². The maximum atomic E-state index is 12.3. The summed E-state index contributed by atoms with van der Waals surface area (Å²) in [6.07, 6.45) is 4.73. The van der Waals surface area contributed by atoms with Gasteiger partial charge in [-0.2, -0.15) is 9.61 Å². The van der Waals surface area contributed by atoms with E-state index in [-0.39, 0.29) is 5.91 Å². The van der Waals surface area contributed by atoms with Crippen LogP contribution in [0.15, 0.2) is 54.7 Å². The Morgan fingerprint density at radius 3 is 2.89 bits per heavy atom. The lowest BCUT2D eigenvalue weighted by Gasteiger charge is -2.09. The molecule has 7 nitrogen and oxygen atoms in total. The maximum Gasteiger partial charge on any atom is 0.248 e. The van der Waals surface area contributed by atoms with Crippen LogP contribution >= 0.6 is 0 Å². The molecular formula is C20H17N5O2. The number of benzene rings is 2. The summed E-state index contributed by atoms with van der Waals surface area (Å²) in [5.74, 6) is 0.780. The molecule has 2 aromatic carbocycles. The summed E-state index contributed by atoms with van der Waals surface area (Å²) in [5.41, 5.74) is 2.28. The molecular weight excluding hydrogens is 342 g/mol. The predicted molar refractivity (Wildman–Crippen MR) is 104 cm³/mol. The third-order valence-corrected chi connectivity index (χ3v) is 4.18. The Kier molecular flexibility index (Phi) is 4.25. The Labute approximate surface area is 155 Å². The topological polar surface area (TPSA) is 81.4 Å². The summed E-state index contributed by atoms with van der Waals surface area (Å²) >= 11 is 0. The number of anilines is 1. The number of fused-ring (bicyclic) bond motifs is 3. The normalized spacial score (nSPS) is 11.3. The molecule has 4 aromatic rings. The number of amides is 1. The van der Waals surface area contributed by atoms with Crippen molar-refractivity contribution in [1.82, 2.24) is 19.8 Å². The Hall–Kier alpha value is -3.74. The molecule has 1 N–H and O–H groups in total. The van der Waals surface area contributed by atoms with Gasteiger partial charge in [-0.3, -0.25) is 4.79 Å². The molecule has 0 saturated carbocycles. The lowest BCUT2D eigenvalue weighted by atomic mass is 10.2. The van der Waals surface area contributed by atoms with E-state index >= 15 is 0 Å². The first kappa shape index (κ1) is 16.7. The van der Waals surface area contributed by atoms with Crippen LogP contribution in [-0.4, -0.2) is 32.8 Å². The molecule has 134 valence electrons. The number of aryl methyl sites for hydroxylation is 1. The highest BCUT2D eigenvalue weighted by molar-refractivity contribution is 6.02. The number of hydrogen-bond donors (Lipinski definition) is 1. The van der Waals surface area contributed by atoms with Crippen LogP contribution in [0, 0.1) is 6.92 Å². The molecule has 0 bridgehead atoms. The monoisotopic (exact) mass is 359 g/mol. The van der Waals surface area contributed by atoms with Gasteiger partial charge in [-0.15, -0.1) is 10.2 Å². The molecule has 27 heavy (non-hydrogen) atoms. The van der Waals surface area contributed by atoms with E-state index in [1.807, 2.05) is 49.4 Å². The average molecular weight is 359 g/mol. The van der Waals surface area contributed by atoms with Gasteiger partial charge < -0.3 is 10.1 Å². The number of methoxy groups -OCH3 is 1. The fraction of sp³-hybridized carbons (Fsp3) is 0.100. The van der Waals surface area contributed by atoms with Crippen molar-refractivity contribution in [3.63, 3.8) is 0 Å². The number of aromatic nitrogens is 4. The quantitative estimate of drug-likeness (QED) is 0.566. The van der Waals surface area contributed by atoms with E-state index in [1.54, 1.807) is 23.9 Å². The van der Waals surface area contributed by atoms with Crippen LogP contribution in [0.4, 0.5) is 5.69 Å². The fourth-order valence-corrected chi connectivity index (χ4v) is 2.85. The third kappa shape index (κ3) is 3.22. The fourth-order valence-electron chi connectivity index (χ4n) is 2.85. The molecule has 0 aliphatic carbocycles. The molecule has 0 atom stereocenters. The average Bonchev–Trinajstić information content (AvgIpc) is 3.10. The van der Waals surface area contributed by atoms with Crippen molar-refractivity contribution in [3.8, 4) is 5.75 Å². The van der Waals surface area contributed by atoms with E-state index in [0.717, 1.165) is 16.3 Å². The summed E-state index contributed by atoms with van der Waals surface area (Å²) in [6.45, 7) is 1.95. The van der Waals surface area contributed by atoms with Gasteiger partial charge in [-0.25, -0.2) is 0 Å². The molecule has 0 aliphatic rings. The minimum Gasteiger partial charge on any atom is -0.495 e. The zero-order valence-corrected chi connectivity index (χ0v) is 14.9. The zero-order chi connectivity index (χ0) is 18.8. The summed E-state index contributed by atoms with van der Waals surface area (Å²) < 4.78 is 6.89. The molecule has 0 spiro atoms. The largest absolute Gasteiger partial charge is 0.495 e. The zero-order valence-electron chi connectivity index (χ0n) is 14.9. The Bertz CT molecular complexity index is 1180. The first-order chi connectivity index (χ1) is 13.2. The SMILES string of the molecule is COc1ccc(C)cc1NC(=O)/C=C/c1nnc2c3ccccc3cnn12. The number of nitrogens with one attached hydrogen (secondary N) is 1. The van der Waals surface area contributed by atoms with Crippen molar-refractivity contribution in [1.29, 1.82) is 0 Å². The molecule has 7 heteroatoms. The van der Waals surface area contributed by atoms with Crippen molar-refractivity contribution < 1.29 is 9.53 Å². The predicted octanol–water partition coefficient (Wildman–Crippen LogP) is 3.25. The van der Waals surface area contributed by atoms with E-state index in [9.17, 15) is 4.79 Å². The van der Waals surface area contributed by atoms with Crippen LogP contribution in [0.3, 0.4) is 0 Å². The number of carbonyl (C=O) groups excluding carboxylic acids is 1. The van der Waals surface area contributed by atoms with E-state index < -0.39 is 0 Å². The summed E-state index contributed by atoms with van der Waals surface area (Å²) in [7, 11) is 1.56. The first-order valence-corrected chi connectivity index (χ1v) is 8.38. The molecule has 0 aliphatic heterocycles. The molecule has 0 unspecified atom stereocenters. The van der Waals surface area contributed by atoms with Gasteiger partial charge in [-0.1, -0.05) is 30.3 Å². The number of ether oxygens (including phenoxy) is 1. The second-order valence-electron chi connectivity index (χ2n) is 6.05. The van der Waals surface area contributed by atoms with Crippen LogP contribution in [0.1, 0.15) is 11.4 Å². The van der Waals surface area contributed by atoms with E-state index in [1.165, 1.54) is 6.08 Å². The van der Waals surface area contributed by atoms with E-state index in [2.05, 4.69) is 20.6 Å². The van der Waals surface area contributed by atoms with Crippen LogP contribution in [0.25, 0.3) is 22.5 Å². The van der Waals surface area contributed by atoms with Crippen LogP contribution < -0.4 is 10.1 Å². The Morgan fingerprint density at radius 2 is 2.04 bits per heavy atom. The molecule has 0 fully saturated rings. The maximum absolute atomic E-state index is 12.3. The highest BCUT2D eigenvalue weighted by Crippen LogP contribution is 2.25. The minimum absolute atomic E-state index is 0.295. The first-order valence-electron chi connectivity index (χ1n) is 8.38. The van der Waals surface area contributed by atoms with Crippen molar-refractivity contribution >= 4 is 34.1 Å². The third-order valence-electron chi connectivity index (χ3n) is 4.18. The summed E-state index contributed by atoms with van der Waals surface area (Å²) in [4.78, 5) is 12.3. The van der Waals surface area contributed by atoms with Gasteiger partial charge in [-0.05, 0) is 30.7 Å². The molecule has 2 heterocycles. The van der Waals surface area contributed by atoms with Gasteiger partial charge in [0.2, 0.25) is 5.91 Å². The number of nitrogens with zero attached hydrogens (tertiary/aromatic N) is 4. The molecule has 4 rings (SSSR count). The smallest absolute Gasteiger partial charge is 0.248 e. The van der Waals surface area contributed by atoms with Gasteiger partial charge in [0.1, 0.15) is 5.75 Å². The highest BCUT2D eigenvalue weighted by Gasteiger charge is 2.09. The number of hydrogen-bond acceptors (Lipinski definition) is 5. The lowest BCUT2D eigenvalue weighted by molar-refractivity contribution is -0.111.